The van der Waals surface area contributed by atoms with E-state index < -0.39 is 15.6 Å². The van der Waals surface area contributed by atoms with E-state index in [4.69, 9.17) is 0 Å². The van der Waals surface area contributed by atoms with Crippen LogP contribution < -0.4 is 10.0 Å². The minimum absolute atomic E-state index is 0.420. The van der Waals surface area contributed by atoms with Crippen LogP contribution in [0.2, 0.25) is 0 Å². The Bertz CT molecular complexity index is 490. The number of sulfonamides is 1. The van der Waals surface area contributed by atoms with Gasteiger partial charge in [0.25, 0.3) is 0 Å². The van der Waals surface area contributed by atoms with Gasteiger partial charge in [0.2, 0.25) is 10.0 Å². The van der Waals surface area contributed by atoms with Gasteiger partial charge >= 0.3 is 0 Å². The van der Waals surface area contributed by atoms with Crippen LogP contribution in [0.4, 0.5) is 5.82 Å². The van der Waals surface area contributed by atoms with Crippen molar-refractivity contribution in [1.29, 1.82) is 0 Å². The van der Waals surface area contributed by atoms with Crippen LogP contribution in [0.3, 0.4) is 0 Å². The molecule has 1 rings (SSSR count). The molecular weight excluding hydrogens is 308 g/mol. The van der Waals surface area contributed by atoms with Gasteiger partial charge in [-0.3, -0.25) is 0 Å². The summed E-state index contributed by atoms with van der Waals surface area (Å²) in [5.41, 5.74) is -0.592. The highest BCUT2D eigenvalue weighted by molar-refractivity contribution is 9.10. The molecule has 0 bridgehead atoms. The average molecular weight is 323 g/mol. The van der Waals surface area contributed by atoms with Crippen LogP contribution in [0, 0.1) is 0 Å². The SMILES string of the molecule is CC(C)(CNc1cc(Br)ncn1)NS(C)(=O)=O. The molecule has 1 aromatic rings. The van der Waals surface area contributed by atoms with Crippen molar-refractivity contribution >= 4 is 31.8 Å². The van der Waals surface area contributed by atoms with Crippen molar-refractivity contribution in [3.05, 3.63) is 17.0 Å². The number of halogens is 1. The van der Waals surface area contributed by atoms with Crippen molar-refractivity contribution in [2.75, 3.05) is 18.1 Å². The summed E-state index contributed by atoms with van der Waals surface area (Å²) in [4.78, 5) is 7.91. The van der Waals surface area contributed by atoms with Gasteiger partial charge in [-0.15, -0.1) is 0 Å². The molecule has 0 saturated carbocycles. The second-order valence-corrected chi connectivity index (χ2v) is 6.90. The van der Waals surface area contributed by atoms with Crippen molar-refractivity contribution in [2.24, 2.45) is 0 Å². The highest BCUT2D eigenvalue weighted by Crippen LogP contribution is 2.11. The molecule has 17 heavy (non-hydrogen) atoms. The Kier molecular flexibility index (Phi) is 4.45. The van der Waals surface area contributed by atoms with Gasteiger partial charge < -0.3 is 5.32 Å². The standard InChI is InChI=1S/C9H15BrN4O2S/c1-9(2,14-17(3,15)16)5-11-8-4-7(10)12-6-13-8/h4,6,14H,5H2,1-3H3,(H,11,12,13). The second kappa shape index (κ2) is 5.28. The zero-order chi connectivity index (χ0) is 13.1. The summed E-state index contributed by atoms with van der Waals surface area (Å²) in [5, 5.41) is 3.04. The van der Waals surface area contributed by atoms with E-state index in [0.29, 0.717) is 17.0 Å². The lowest BCUT2D eigenvalue weighted by atomic mass is 10.1. The quantitative estimate of drug-likeness (QED) is 0.789. The van der Waals surface area contributed by atoms with Gasteiger partial charge in [-0.1, -0.05) is 0 Å². The largest absolute Gasteiger partial charge is 0.368 e. The van der Waals surface area contributed by atoms with E-state index in [9.17, 15) is 8.42 Å². The number of aromatic nitrogens is 2. The smallest absolute Gasteiger partial charge is 0.209 e. The fourth-order valence-electron chi connectivity index (χ4n) is 1.28. The number of rotatable bonds is 5. The van der Waals surface area contributed by atoms with E-state index in [1.165, 1.54) is 6.33 Å². The first kappa shape index (κ1) is 14.3. The Morgan fingerprint density at radius 2 is 2.06 bits per heavy atom. The first-order valence-electron chi connectivity index (χ1n) is 4.88. The van der Waals surface area contributed by atoms with E-state index >= 15 is 0 Å². The third-order valence-electron chi connectivity index (χ3n) is 1.81. The molecule has 96 valence electrons. The Morgan fingerprint density at radius 1 is 1.41 bits per heavy atom. The Labute approximate surface area is 109 Å². The van der Waals surface area contributed by atoms with Crippen molar-refractivity contribution in [2.45, 2.75) is 19.4 Å². The molecular formula is C9H15BrN4O2S. The predicted octanol–water partition coefficient (Wildman–Crippen LogP) is 0.979. The molecule has 1 aromatic heterocycles. The highest BCUT2D eigenvalue weighted by Gasteiger charge is 2.21. The number of anilines is 1. The average Bonchev–Trinajstić information content (AvgIpc) is 2.11. The molecule has 0 aliphatic heterocycles. The van der Waals surface area contributed by atoms with Crippen LogP contribution in [0.15, 0.2) is 17.0 Å². The maximum atomic E-state index is 11.1. The molecule has 0 radical (unpaired) electrons. The summed E-state index contributed by atoms with van der Waals surface area (Å²) in [6.07, 6.45) is 2.55. The fourth-order valence-corrected chi connectivity index (χ4v) is 2.66. The molecule has 6 nitrogen and oxygen atoms in total. The molecule has 1 heterocycles. The number of hydrogen-bond donors (Lipinski definition) is 2. The normalized spacial score (nSPS) is 12.5. The predicted molar refractivity (Wildman–Crippen MR) is 70.3 cm³/mol. The topological polar surface area (TPSA) is 84.0 Å². The molecule has 0 spiro atoms. The van der Waals surface area contributed by atoms with Crippen LogP contribution in [0.1, 0.15) is 13.8 Å². The Balaban J connectivity index is 2.61. The first-order valence-corrected chi connectivity index (χ1v) is 7.57. The minimum atomic E-state index is -3.23. The summed E-state index contributed by atoms with van der Waals surface area (Å²) in [7, 11) is -3.23. The van der Waals surface area contributed by atoms with Crippen molar-refractivity contribution < 1.29 is 8.42 Å². The molecule has 0 atom stereocenters. The zero-order valence-electron chi connectivity index (χ0n) is 9.86. The minimum Gasteiger partial charge on any atom is -0.368 e. The van der Waals surface area contributed by atoms with Gasteiger partial charge in [0.15, 0.2) is 0 Å². The van der Waals surface area contributed by atoms with Gasteiger partial charge in [-0.2, -0.15) is 0 Å². The van der Waals surface area contributed by atoms with Gasteiger partial charge in [0.1, 0.15) is 16.7 Å². The summed E-state index contributed by atoms with van der Waals surface area (Å²) < 4.78 is 25.5. The molecule has 0 aliphatic carbocycles. The van der Waals surface area contributed by atoms with Crippen LogP contribution >= 0.6 is 15.9 Å². The van der Waals surface area contributed by atoms with Crippen LogP contribution in [-0.2, 0) is 10.0 Å². The summed E-state index contributed by atoms with van der Waals surface area (Å²) in [6, 6.07) is 1.72. The fraction of sp³-hybridized carbons (Fsp3) is 0.556. The van der Waals surface area contributed by atoms with Gasteiger partial charge in [-0.05, 0) is 29.8 Å². The molecule has 0 unspecified atom stereocenters. The van der Waals surface area contributed by atoms with Crippen LogP contribution in [0.5, 0.6) is 0 Å². The number of nitrogens with zero attached hydrogens (tertiary/aromatic N) is 2. The van der Waals surface area contributed by atoms with Gasteiger partial charge in [-0.25, -0.2) is 23.1 Å². The Hall–Kier alpha value is -0.730. The van der Waals surface area contributed by atoms with Crippen molar-refractivity contribution in [3.8, 4) is 0 Å². The molecule has 2 N–H and O–H groups in total. The monoisotopic (exact) mass is 322 g/mol. The van der Waals surface area contributed by atoms with Crippen molar-refractivity contribution in [1.82, 2.24) is 14.7 Å². The van der Waals surface area contributed by atoms with E-state index in [2.05, 4.69) is 35.9 Å². The number of nitrogens with one attached hydrogen (secondary N) is 2. The summed E-state index contributed by atoms with van der Waals surface area (Å²) >= 11 is 3.23. The van der Waals surface area contributed by atoms with E-state index in [-0.39, 0.29) is 0 Å². The Morgan fingerprint density at radius 3 is 2.59 bits per heavy atom. The third-order valence-corrected chi connectivity index (χ3v) is 3.16. The molecule has 0 saturated heterocycles. The molecule has 0 fully saturated rings. The number of hydrogen-bond acceptors (Lipinski definition) is 5. The molecule has 0 aromatic carbocycles. The van der Waals surface area contributed by atoms with Crippen LogP contribution in [-0.4, -0.2) is 36.7 Å². The zero-order valence-corrected chi connectivity index (χ0v) is 12.3. The van der Waals surface area contributed by atoms with Gasteiger partial charge in [0.05, 0.1) is 6.26 Å². The lowest BCUT2D eigenvalue weighted by Crippen LogP contribution is -2.47. The van der Waals surface area contributed by atoms with E-state index in [1.54, 1.807) is 19.9 Å². The van der Waals surface area contributed by atoms with Crippen LogP contribution in [0.25, 0.3) is 0 Å². The van der Waals surface area contributed by atoms with Crippen molar-refractivity contribution in [3.63, 3.8) is 0 Å². The third kappa shape index (κ3) is 5.94. The molecule has 0 amide bonds. The lowest BCUT2D eigenvalue weighted by molar-refractivity contribution is 0.476. The summed E-state index contributed by atoms with van der Waals surface area (Å²) in [5.74, 6) is 0.634. The summed E-state index contributed by atoms with van der Waals surface area (Å²) in [6.45, 7) is 4.00. The lowest BCUT2D eigenvalue weighted by Gasteiger charge is -2.25. The first-order chi connectivity index (χ1) is 7.68. The highest BCUT2D eigenvalue weighted by atomic mass is 79.9. The second-order valence-electron chi connectivity index (χ2n) is 4.34. The molecule has 0 aliphatic rings. The molecule has 8 heteroatoms. The van der Waals surface area contributed by atoms with E-state index in [0.717, 1.165) is 6.26 Å². The van der Waals surface area contributed by atoms with Gasteiger partial charge in [0, 0.05) is 18.2 Å². The maximum Gasteiger partial charge on any atom is 0.209 e. The van der Waals surface area contributed by atoms with E-state index in [1.807, 2.05) is 0 Å². The maximum absolute atomic E-state index is 11.1.